The zero-order chi connectivity index (χ0) is 37.6. The van der Waals surface area contributed by atoms with Gasteiger partial charge in [0.25, 0.3) is 11.8 Å². The number of likely N-dealkylation sites (tertiary alicyclic amines) is 1. The fraction of sp³-hybridized carbons (Fsp3) is 0.314. The van der Waals surface area contributed by atoms with Crippen molar-refractivity contribution in [2.75, 3.05) is 19.1 Å². The minimum Gasteiger partial charge on any atom is -0.502 e. The smallest absolute Gasteiger partial charge is 0.258 e. The molecule has 2 aliphatic heterocycles. The van der Waals surface area contributed by atoms with Crippen molar-refractivity contribution in [3.63, 3.8) is 0 Å². The highest BCUT2D eigenvalue weighted by Crippen LogP contribution is 2.64. The zero-order valence-electron chi connectivity index (χ0n) is 26.9. The Hall–Kier alpha value is -4.47. The predicted octanol–water partition coefficient (Wildman–Crippen LogP) is 6.48. The Morgan fingerprint density at radius 1 is 0.923 bits per heavy atom. The highest BCUT2D eigenvalue weighted by Gasteiger charge is 2.76. The van der Waals surface area contributed by atoms with Crippen LogP contribution in [0.2, 0.25) is 0 Å². The number of phenols is 1. The Labute approximate surface area is 305 Å². The standard InChI is InChI=1S/C35H25Cl2F5N2O7S/c1-50-20-10-14(11-21(51-2)29(20)45)5-8-19-16-6-7-17-22(31(47)43(30(17)46)13-15-4-3-9-52-15)18(16)12-34(36)32(48)44(33(49)35(19,34)37)28-26(41)24(39)23(38)25(40)27(28)42/h3-6,8-11,17-19,22,45H,7,12-13H2,1-2H3. The summed E-state index contributed by atoms with van der Waals surface area (Å²) in [5.74, 6) is -21.4. The summed E-state index contributed by atoms with van der Waals surface area (Å²) in [4.78, 5) is 52.6. The lowest BCUT2D eigenvalue weighted by Crippen LogP contribution is -2.60. The maximum Gasteiger partial charge on any atom is 0.258 e. The maximum absolute atomic E-state index is 15.2. The number of halogens is 7. The fourth-order valence-electron chi connectivity index (χ4n) is 7.81. The van der Waals surface area contributed by atoms with Crippen LogP contribution in [-0.2, 0) is 25.7 Å². The van der Waals surface area contributed by atoms with Gasteiger partial charge >= 0.3 is 0 Å². The van der Waals surface area contributed by atoms with Crippen molar-refractivity contribution >= 4 is 69.9 Å². The number of thiophene rings is 1. The number of rotatable bonds is 7. The van der Waals surface area contributed by atoms with Gasteiger partial charge in [0, 0.05) is 10.8 Å². The van der Waals surface area contributed by atoms with E-state index in [1.165, 1.54) is 49.8 Å². The largest absolute Gasteiger partial charge is 0.502 e. The third-order valence-corrected chi connectivity index (χ3v) is 12.5. The number of hydrogen-bond acceptors (Lipinski definition) is 8. The van der Waals surface area contributed by atoms with Gasteiger partial charge < -0.3 is 14.6 Å². The number of hydrogen-bond donors (Lipinski definition) is 1. The summed E-state index contributed by atoms with van der Waals surface area (Å²) in [7, 11) is 2.57. The van der Waals surface area contributed by atoms with Crippen molar-refractivity contribution in [3.8, 4) is 17.2 Å². The third-order valence-electron chi connectivity index (χ3n) is 10.2. The van der Waals surface area contributed by atoms with E-state index in [1.54, 1.807) is 23.6 Å². The first kappa shape index (κ1) is 35.9. The van der Waals surface area contributed by atoms with E-state index in [1.807, 2.05) is 0 Å². The van der Waals surface area contributed by atoms with E-state index in [9.17, 15) is 37.5 Å². The summed E-state index contributed by atoms with van der Waals surface area (Å²) in [5.41, 5.74) is -1.27. The molecule has 6 atom stereocenters. The number of methoxy groups -OCH3 is 2. The Morgan fingerprint density at radius 2 is 1.54 bits per heavy atom. The number of anilines is 1. The summed E-state index contributed by atoms with van der Waals surface area (Å²) in [5, 5.41) is 12.2. The number of benzene rings is 2. The minimum atomic E-state index is -2.66. The molecule has 1 aromatic heterocycles. The van der Waals surface area contributed by atoms with Crippen LogP contribution in [0.4, 0.5) is 27.6 Å². The van der Waals surface area contributed by atoms with E-state index < -0.39 is 98.2 Å². The molecule has 3 heterocycles. The topological polar surface area (TPSA) is 113 Å². The summed E-state index contributed by atoms with van der Waals surface area (Å²) in [6.45, 7) is -0.0187. The van der Waals surface area contributed by atoms with Crippen molar-refractivity contribution in [1.29, 1.82) is 0 Å². The SMILES string of the molecule is COc1cc(C=CC2C3=CCC4C(=O)N(Cc5cccs5)C(=O)C4C3CC3(Cl)C(=O)N(c4c(F)c(F)c(F)c(F)c4F)C(=O)C23Cl)cc(OC)c1O. The van der Waals surface area contributed by atoms with Crippen LogP contribution in [0, 0.1) is 52.8 Å². The van der Waals surface area contributed by atoms with Gasteiger partial charge in [-0.05, 0) is 47.9 Å². The number of phenolic OH excluding ortho intramolecular Hbond substituents is 1. The van der Waals surface area contributed by atoms with Gasteiger partial charge in [0.2, 0.25) is 23.4 Å². The lowest BCUT2D eigenvalue weighted by molar-refractivity contribution is -0.141. The molecule has 52 heavy (non-hydrogen) atoms. The monoisotopic (exact) mass is 782 g/mol. The van der Waals surface area contributed by atoms with Gasteiger partial charge in [0.1, 0.15) is 5.69 Å². The van der Waals surface area contributed by atoms with Gasteiger partial charge in [-0.15, -0.1) is 34.5 Å². The average Bonchev–Trinajstić information content (AvgIpc) is 3.77. The number of carbonyl (C=O) groups is 4. The third kappa shape index (κ3) is 4.84. The van der Waals surface area contributed by atoms with E-state index in [4.69, 9.17) is 32.7 Å². The first-order chi connectivity index (χ1) is 24.6. The molecule has 1 N–H and O–H groups in total. The average molecular weight is 784 g/mol. The van der Waals surface area contributed by atoms with E-state index in [0.29, 0.717) is 11.1 Å². The number of fused-ring (bicyclic) bond motifs is 4. The molecule has 2 saturated heterocycles. The molecule has 3 aromatic rings. The van der Waals surface area contributed by atoms with Gasteiger partial charge in [0.15, 0.2) is 44.5 Å². The van der Waals surface area contributed by atoms with Crippen molar-refractivity contribution in [2.24, 2.45) is 23.7 Å². The molecule has 272 valence electrons. The second kappa shape index (κ2) is 12.6. The van der Waals surface area contributed by atoms with E-state index in [2.05, 4.69) is 0 Å². The number of imide groups is 2. The van der Waals surface area contributed by atoms with Crippen LogP contribution < -0.4 is 14.4 Å². The number of ether oxygens (including phenoxy) is 2. The summed E-state index contributed by atoms with van der Waals surface area (Å²) < 4.78 is 83.8. The first-order valence-electron chi connectivity index (χ1n) is 15.6. The van der Waals surface area contributed by atoms with Crippen LogP contribution in [0.25, 0.3) is 6.08 Å². The predicted molar refractivity (Wildman–Crippen MR) is 177 cm³/mol. The molecule has 1 saturated carbocycles. The molecule has 0 bridgehead atoms. The second-order valence-corrected chi connectivity index (χ2v) is 15.0. The molecule has 2 aromatic carbocycles. The Morgan fingerprint density at radius 3 is 2.12 bits per heavy atom. The van der Waals surface area contributed by atoms with E-state index in [-0.39, 0.29) is 35.1 Å². The van der Waals surface area contributed by atoms with E-state index >= 15 is 8.78 Å². The number of allylic oxidation sites excluding steroid dienone is 3. The number of nitrogens with zero attached hydrogens (tertiary/aromatic N) is 2. The Kier molecular flexibility index (Phi) is 8.69. The molecule has 4 amide bonds. The van der Waals surface area contributed by atoms with Gasteiger partial charge in [0.05, 0.1) is 32.6 Å². The van der Waals surface area contributed by atoms with Crippen molar-refractivity contribution < 1.29 is 55.7 Å². The Bertz CT molecular complexity index is 2090. The Balaban J connectivity index is 1.39. The molecule has 3 fully saturated rings. The van der Waals surface area contributed by atoms with Gasteiger partial charge in [-0.1, -0.05) is 29.9 Å². The highest BCUT2D eigenvalue weighted by molar-refractivity contribution is 7.09. The molecule has 0 spiro atoms. The van der Waals surface area contributed by atoms with Gasteiger partial charge in [-0.3, -0.25) is 24.1 Å². The van der Waals surface area contributed by atoms with Crippen LogP contribution in [0.5, 0.6) is 17.2 Å². The lowest BCUT2D eigenvalue weighted by Gasteiger charge is -2.49. The first-order valence-corrected chi connectivity index (χ1v) is 17.2. The maximum atomic E-state index is 15.2. The molecule has 17 heteroatoms. The van der Waals surface area contributed by atoms with Crippen LogP contribution in [0.15, 0.2) is 47.4 Å². The van der Waals surface area contributed by atoms with Crippen molar-refractivity contribution in [1.82, 2.24) is 4.90 Å². The van der Waals surface area contributed by atoms with E-state index in [0.717, 1.165) is 9.78 Å². The molecule has 7 rings (SSSR count). The minimum absolute atomic E-state index is 0.0129. The zero-order valence-corrected chi connectivity index (χ0v) is 29.2. The molecule has 2 aliphatic carbocycles. The van der Waals surface area contributed by atoms with Crippen LogP contribution >= 0.6 is 34.5 Å². The number of aromatic hydroxyl groups is 1. The quantitative estimate of drug-likeness (QED) is 0.0730. The number of alkyl halides is 2. The van der Waals surface area contributed by atoms with Crippen molar-refractivity contribution in [2.45, 2.75) is 29.1 Å². The van der Waals surface area contributed by atoms with Crippen molar-refractivity contribution in [3.05, 3.63) is 86.9 Å². The molecular weight excluding hydrogens is 758 g/mol. The number of carbonyl (C=O) groups excluding carboxylic acids is 4. The van der Waals surface area contributed by atoms with Gasteiger partial charge in [-0.25, -0.2) is 26.9 Å². The van der Waals surface area contributed by atoms with Crippen LogP contribution in [-0.4, -0.2) is 57.6 Å². The molecule has 9 nitrogen and oxygen atoms in total. The molecule has 4 aliphatic rings. The normalized spacial score (nSPS) is 28.4. The summed E-state index contributed by atoms with van der Waals surface area (Å²) in [6.07, 6.45) is 3.73. The highest BCUT2D eigenvalue weighted by atomic mass is 35.5. The molecular formula is C35H25Cl2F5N2O7S. The lowest BCUT2D eigenvalue weighted by atomic mass is 9.57. The summed E-state index contributed by atoms with van der Waals surface area (Å²) in [6, 6.07) is 6.28. The summed E-state index contributed by atoms with van der Waals surface area (Å²) >= 11 is 15.5. The molecule has 0 radical (unpaired) electrons. The van der Waals surface area contributed by atoms with Gasteiger partial charge in [-0.2, -0.15) is 0 Å². The fourth-order valence-corrected chi connectivity index (χ4v) is 9.39. The van der Waals surface area contributed by atoms with Crippen LogP contribution in [0.3, 0.4) is 0 Å². The van der Waals surface area contributed by atoms with Crippen LogP contribution in [0.1, 0.15) is 23.3 Å². The molecule has 6 unspecified atom stereocenters. The number of amides is 4. The second-order valence-electron chi connectivity index (χ2n) is 12.7.